The third kappa shape index (κ3) is 8.42. The number of carboxylic acids is 1. The molecule has 0 aliphatic heterocycles. The Balaban J connectivity index is 1.54. The van der Waals surface area contributed by atoms with Gasteiger partial charge >= 0.3 is 12.1 Å². The van der Waals surface area contributed by atoms with Crippen LogP contribution in [0.3, 0.4) is 0 Å². The van der Waals surface area contributed by atoms with Gasteiger partial charge in [-0.25, -0.2) is 0 Å². The van der Waals surface area contributed by atoms with E-state index >= 15 is 0 Å². The molecule has 1 unspecified atom stereocenters. The Hall–Kier alpha value is -4.14. The first-order valence-corrected chi connectivity index (χ1v) is 13.8. The molecule has 0 heterocycles. The number of alkyl halides is 3. The van der Waals surface area contributed by atoms with Crippen LogP contribution in [-0.4, -0.2) is 29.4 Å². The number of benzene rings is 3. The molecule has 3 N–H and O–H groups in total. The number of hydrogen-bond acceptors (Lipinski definition) is 3. The van der Waals surface area contributed by atoms with Gasteiger partial charge in [-0.2, -0.15) is 13.2 Å². The molecule has 1 aliphatic rings. The van der Waals surface area contributed by atoms with E-state index in [0.29, 0.717) is 11.5 Å². The highest BCUT2D eigenvalue weighted by molar-refractivity contribution is 5.96. The fraction of sp³-hybridized carbons (Fsp3) is 0.344. The minimum Gasteiger partial charge on any atom is -0.481 e. The van der Waals surface area contributed by atoms with Gasteiger partial charge in [0.05, 0.1) is 17.9 Å². The summed E-state index contributed by atoms with van der Waals surface area (Å²) in [7, 11) is 0. The van der Waals surface area contributed by atoms with E-state index in [1.54, 1.807) is 24.3 Å². The zero-order valence-electron chi connectivity index (χ0n) is 22.5. The minimum absolute atomic E-state index is 0.00452. The molecule has 2 amide bonds. The summed E-state index contributed by atoms with van der Waals surface area (Å²) in [6.45, 7) is 0.00452. The Labute approximate surface area is 237 Å². The highest BCUT2D eigenvalue weighted by Gasteiger charge is 2.31. The number of carboxylic acid groups (broad SMARTS) is 1. The zero-order valence-corrected chi connectivity index (χ0v) is 22.5. The number of carbonyl (C=O) groups excluding carboxylic acids is 2. The summed E-state index contributed by atoms with van der Waals surface area (Å²) in [5, 5.41) is 14.0. The molecule has 0 aromatic heterocycles. The number of nitrogens with one attached hydrogen (secondary N) is 2. The van der Waals surface area contributed by atoms with E-state index in [0.717, 1.165) is 36.1 Å². The molecule has 0 radical (unpaired) electrons. The average Bonchev–Trinajstić information content (AvgIpc) is 2.96. The van der Waals surface area contributed by atoms with Gasteiger partial charge in [0.1, 0.15) is 0 Å². The standard InChI is InChI=1S/C32H33F3N2O4/c33-32(34,35)26-7-4-8-27(20-26)37-31(41)28(24-15-13-23(14-16-24)22-5-2-1-3-6-22)19-21-9-11-25(12-10-21)30(40)36-18-17-29(38)39/h4,7-16,20,22,28H,1-3,5-6,17-19H2,(H,36,40)(H,37,41)(H,38,39). The van der Waals surface area contributed by atoms with E-state index in [-0.39, 0.29) is 25.1 Å². The van der Waals surface area contributed by atoms with Crippen molar-refractivity contribution in [2.75, 3.05) is 11.9 Å². The van der Waals surface area contributed by atoms with Gasteiger partial charge in [-0.3, -0.25) is 14.4 Å². The number of carbonyl (C=O) groups is 3. The van der Waals surface area contributed by atoms with Crippen LogP contribution in [0.4, 0.5) is 18.9 Å². The molecule has 4 rings (SSSR count). The maximum Gasteiger partial charge on any atom is 0.416 e. The predicted octanol–water partition coefficient (Wildman–Crippen LogP) is 6.92. The van der Waals surface area contributed by atoms with Gasteiger partial charge in [0.15, 0.2) is 0 Å². The number of amides is 2. The molecular weight excluding hydrogens is 533 g/mol. The highest BCUT2D eigenvalue weighted by Crippen LogP contribution is 2.34. The normalized spacial score (nSPS) is 14.7. The summed E-state index contributed by atoms with van der Waals surface area (Å²) in [6.07, 6.45) is 1.44. The Morgan fingerprint density at radius 3 is 2.22 bits per heavy atom. The molecule has 9 heteroatoms. The van der Waals surface area contributed by atoms with Crippen molar-refractivity contribution in [2.45, 2.75) is 63.0 Å². The van der Waals surface area contributed by atoms with Gasteiger partial charge in [0, 0.05) is 17.8 Å². The van der Waals surface area contributed by atoms with Crippen molar-refractivity contribution >= 4 is 23.5 Å². The lowest BCUT2D eigenvalue weighted by Gasteiger charge is -2.23. The maximum absolute atomic E-state index is 13.5. The first kappa shape index (κ1) is 29.8. The molecule has 6 nitrogen and oxygen atoms in total. The van der Waals surface area contributed by atoms with Crippen LogP contribution in [0.2, 0.25) is 0 Å². The SMILES string of the molecule is O=C(O)CCNC(=O)c1ccc(CC(C(=O)Nc2cccc(C(F)(F)F)c2)c2ccc(C3CCCCC3)cc2)cc1. The van der Waals surface area contributed by atoms with Crippen molar-refractivity contribution in [3.63, 3.8) is 0 Å². The molecule has 0 bridgehead atoms. The Bertz CT molecular complexity index is 1350. The van der Waals surface area contributed by atoms with Crippen molar-refractivity contribution < 1.29 is 32.7 Å². The lowest BCUT2D eigenvalue weighted by molar-refractivity contribution is -0.138. The second-order valence-corrected chi connectivity index (χ2v) is 10.4. The smallest absolute Gasteiger partial charge is 0.416 e. The summed E-state index contributed by atoms with van der Waals surface area (Å²) in [4.78, 5) is 36.5. The molecule has 1 aliphatic carbocycles. The van der Waals surface area contributed by atoms with Crippen LogP contribution in [0.5, 0.6) is 0 Å². The Morgan fingerprint density at radius 2 is 1.59 bits per heavy atom. The summed E-state index contributed by atoms with van der Waals surface area (Å²) in [5.74, 6) is -2.06. The lowest BCUT2D eigenvalue weighted by atomic mass is 9.83. The molecule has 3 aromatic carbocycles. The van der Waals surface area contributed by atoms with Crippen LogP contribution in [0.25, 0.3) is 0 Å². The van der Waals surface area contributed by atoms with Crippen molar-refractivity contribution in [3.8, 4) is 0 Å². The first-order chi connectivity index (χ1) is 19.6. The predicted molar refractivity (Wildman–Crippen MR) is 150 cm³/mol. The molecule has 1 saturated carbocycles. The molecular formula is C32H33F3N2O4. The zero-order chi connectivity index (χ0) is 29.4. The van der Waals surface area contributed by atoms with Gasteiger partial charge in [-0.05, 0) is 72.2 Å². The fourth-order valence-electron chi connectivity index (χ4n) is 5.21. The lowest BCUT2D eigenvalue weighted by Crippen LogP contribution is -2.26. The van der Waals surface area contributed by atoms with Crippen molar-refractivity contribution in [1.29, 1.82) is 0 Å². The van der Waals surface area contributed by atoms with Crippen LogP contribution in [0.1, 0.15) is 83.0 Å². The highest BCUT2D eigenvalue weighted by atomic mass is 19.4. The summed E-state index contributed by atoms with van der Waals surface area (Å²) in [5.41, 5.74) is 2.28. The molecule has 1 fully saturated rings. The van der Waals surface area contributed by atoms with Gasteiger partial charge in [-0.15, -0.1) is 0 Å². The van der Waals surface area contributed by atoms with E-state index in [1.807, 2.05) is 24.3 Å². The second kappa shape index (κ2) is 13.5. The molecule has 1 atom stereocenters. The summed E-state index contributed by atoms with van der Waals surface area (Å²) >= 11 is 0. The Kier molecular flexibility index (Phi) is 9.81. The summed E-state index contributed by atoms with van der Waals surface area (Å²) in [6, 6.07) is 19.1. The third-order valence-electron chi connectivity index (χ3n) is 7.47. The number of halogens is 3. The number of anilines is 1. The molecule has 0 spiro atoms. The van der Waals surface area contributed by atoms with E-state index in [2.05, 4.69) is 10.6 Å². The first-order valence-electron chi connectivity index (χ1n) is 13.8. The molecule has 3 aromatic rings. The van der Waals surface area contributed by atoms with E-state index < -0.39 is 35.4 Å². The van der Waals surface area contributed by atoms with E-state index in [4.69, 9.17) is 5.11 Å². The maximum atomic E-state index is 13.5. The number of rotatable bonds is 10. The van der Waals surface area contributed by atoms with Gasteiger partial charge in [0.25, 0.3) is 5.91 Å². The van der Waals surface area contributed by atoms with Gasteiger partial charge < -0.3 is 15.7 Å². The third-order valence-corrected chi connectivity index (χ3v) is 7.47. The summed E-state index contributed by atoms with van der Waals surface area (Å²) < 4.78 is 39.7. The molecule has 216 valence electrons. The van der Waals surface area contributed by atoms with Crippen molar-refractivity contribution in [2.24, 2.45) is 0 Å². The number of aliphatic carboxylic acids is 1. The Morgan fingerprint density at radius 1 is 0.902 bits per heavy atom. The van der Waals surface area contributed by atoms with Crippen molar-refractivity contribution in [1.82, 2.24) is 5.32 Å². The second-order valence-electron chi connectivity index (χ2n) is 10.4. The van der Waals surface area contributed by atoms with Crippen LogP contribution in [-0.2, 0) is 22.2 Å². The van der Waals surface area contributed by atoms with E-state index in [1.165, 1.54) is 37.0 Å². The minimum atomic E-state index is -4.53. The van der Waals surface area contributed by atoms with Crippen LogP contribution in [0.15, 0.2) is 72.8 Å². The largest absolute Gasteiger partial charge is 0.481 e. The average molecular weight is 567 g/mol. The molecule has 41 heavy (non-hydrogen) atoms. The quantitative estimate of drug-likeness (QED) is 0.248. The van der Waals surface area contributed by atoms with Gasteiger partial charge in [0.2, 0.25) is 5.91 Å². The number of hydrogen-bond donors (Lipinski definition) is 3. The monoisotopic (exact) mass is 566 g/mol. The topological polar surface area (TPSA) is 95.5 Å². The van der Waals surface area contributed by atoms with Gasteiger partial charge in [-0.1, -0.05) is 61.7 Å². The van der Waals surface area contributed by atoms with Crippen molar-refractivity contribution in [3.05, 3.63) is 101 Å². The van der Waals surface area contributed by atoms with Crippen LogP contribution < -0.4 is 10.6 Å². The van der Waals surface area contributed by atoms with Crippen LogP contribution >= 0.6 is 0 Å². The molecule has 0 saturated heterocycles. The van der Waals surface area contributed by atoms with E-state index in [9.17, 15) is 27.6 Å². The van der Waals surface area contributed by atoms with Crippen LogP contribution in [0, 0.1) is 0 Å². The fourth-order valence-corrected chi connectivity index (χ4v) is 5.21.